The Kier molecular flexibility index (Phi) is 4.13. The van der Waals surface area contributed by atoms with Crippen molar-refractivity contribution >= 4 is 17.7 Å². The molecule has 1 atom stereocenters. The summed E-state index contributed by atoms with van der Waals surface area (Å²) in [6.45, 7) is 0. The highest BCUT2D eigenvalue weighted by molar-refractivity contribution is 7.99. The summed E-state index contributed by atoms with van der Waals surface area (Å²) in [5.41, 5.74) is 2.91. The molecule has 3 aromatic rings. The van der Waals surface area contributed by atoms with Crippen molar-refractivity contribution in [1.82, 2.24) is 9.88 Å². The normalized spacial score (nSPS) is 16.4. The van der Waals surface area contributed by atoms with E-state index in [-0.39, 0.29) is 11.9 Å². The van der Waals surface area contributed by atoms with Crippen LogP contribution in [0.15, 0.2) is 78.0 Å². The minimum atomic E-state index is -0.0179. The summed E-state index contributed by atoms with van der Waals surface area (Å²) in [6, 6.07) is 20.1. The fraction of sp³-hybridized carbons (Fsp3) is 0.150. The standard InChI is InChI=1S/C20H18N2OS/c23-20(15-6-5-7-16(14-15)22-11-3-4-12-22)21-18-10-13-24-19-9-2-1-8-17(18)19/h1-9,11-12,14,18H,10,13H2,(H,21,23). The predicted octanol–water partition coefficient (Wildman–Crippen LogP) is 4.44. The van der Waals surface area contributed by atoms with Gasteiger partial charge < -0.3 is 9.88 Å². The Morgan fingerprint density at radius 3 is 2.75 bits per heavy atom. The second-order valence-corrected chi connectivity index (χ2v) is 6.98. The summed E-state index contributed by atoms with van der Waals surface area (Å²) in [5, 5.41) is 3.20. The molecule has 0 spiro atoms. The molecule has 24 heavy (non-hydrogen) atoms. The van der Waals surface area contributed by atoms with Gasteiger partial charge in [-0.1, -0.05) is 24.3 Å². The highest BCUT2D eigenvalue weighted by atomic mass is 32.2. The first kappa shape index (κ1) is 15.1. The minimum absolute atomic E-state index is 0.0179. The number of thioether (sulfide) groups is 1. The lowest BCUT2D eigenvalue weighted by Gasteiger charge is -2.26. The first-order valence-corrected chi connectivity index (χ1v) is 9.06. The molecule has 4 rings (SSSR count). The van der Waals surface area contributed by atoms with Gasteiger partial charge in [0.05, 0.1) is 6.04 Å². The van der Waals surface area contributed by atoms with Gasteiger partial charge in [-0.05, 0) is 48.4 Å². The number of fused-ring (bicyclic) bond motifs is 1. The van der Waals surface area contributed by atoms with Crippen LogP contribution in [0.1, 0.15) is 28.4 Å². The lowest BCUT2D eigenvalue weighted by molar-refractivity contribution is 0.0935. The molecule has 3 nitrogen and oxygen atoms in total. The molecule has 0 fully saturated rings. The Balaban J connectivity index is 1.56. The third-order valence-electron chi connectivity index (χ3n) is 4.27. The number of carbonyl (C=O) groups is 1. The number of rotatable bonds is 3. The fourth-order valence-corrected chi connectivity index (χ4v) is 4.17. The fourth-order valence-electron chi connectivity index (χ4n) is 3.05. The van der Waals surface area contributed by atoms with Crippen molar-refractivity contribution in [3.8, 4) is 5.69 Å². The van der Waals surface area contributed by atoms with Crippen molar-refractivity contribution < 1.29 is 4.79 Å². The number of benzene rings is 2. The Bertz CT molecular complexity index is 858. The highest BCUT2D eigenvalue weighted by Gasteiger charge is 2.22. The molecule has 0 aliphatic carbocycles. The van der Waals surface area contributed by atoms with Gasteiger partial charge >= 0.3 is 0 Å². The predicted molar refractivity (Wildman–Crippen MR) is 97.8 cm³/mol. The second-order valence-electron chi connectivity index (χ2n) is 5.84. The van der Waals surface area contributed by atoms with Crippen LogP contribution < -0.4 is 5.32 Å². The van der Waals surface area contributed by atoms with Crippen LogP contribution in [0.25, 0.3) is 5.69 Å². The molecule has 4 heteroatoms. The van der Waals surface area contributed by atoms with Crippen molar-refractivity contribution in [3.63, 3.8) is 0 Å². The molecule has 1 unspecified atom stereocenters. The summed E-state index contributed by atoms with van der Waals surface area (Å²) in [7, 11) is 0. The van der Waals surface area contributed by atoms with Gasteiger partial charge in [0, 0.05) is 34.3 Å². The Morgan fingerprint density at radius 2 is 1.88 bits per heavy atom. The van der Waals surface area contributed by atoms with Crippen molar-refractivity contribution in [2.45, 2.75) is 17.4 Å². The van der Waals surface area contributed by atoms with Gasteiger partial charge in [0.1, 0.15) is 0 Å². The van der Waals surface area contributed by atoms with Crippen LogP contribution in [-0.2, 0) is 0 Å². The average Bonchev–Trinajstić information content (AvgIpc) is 3.17. The van der Waals surface area contributed by atoms with Crippen LogP contribution >= 0.6 is 11.8 Å². The van der Waals surface area contributed by atoms with Gasteiger partial charge in [0.15, 0.2) is 0 Å². The van der Waals surface area contributed by atoms with Crippen LogP contribution in [-0.4, -0.2) is 16.2 Å². The van der Waals surface area contributed by atoms with Gasteiger partial charge in [0.25, 0.3) is 5.91 Å². The van der Waals surface area contributed by atoms with E-state index >= 15 is 0 Å². The number of hydrogen-bond acceptors (Lipinski definition) is 2. The van der Waals surface area contributed by atoms with Crippen molar-refractivity contribution in [2.24, 2.45) is 0 Å². The van der Waals surface area contributed by atoms with Crippen molar-refractivity contribution in [1.29, 1.82) is 0 Å². The Labute approximate surface area is 145 Å². The first-order valence-electron chi connectivity index (χ1n) is 8.07. The molecule has 2 heterocycles. The minimum Gasteiger partial charge on any atom is -0.345 e. The number of nitrogens with zero attached hydrogens (tertiary/aromatic N) is 1. The largest absolute Gasteiger partial charge is 0.345 e. The zero-order valence-electron chi connectivity index (χ0n) is 13.2. The molecule has 120 valence electrons. The van der Waals surface area contributed by atoms with E-state index in [1.54, 1.807) is 0 Å². The molecular formula is C20H18N2OS. The molecule has 0 bridgehead atoms. The quantitative estimate of drug-likeness (QED) is 0.768. The molecule has 1 aliphatic heterocycles. The molecule has 1 amide bonds. The summed E-state index contributed by atoms with van der Waals surface area (Å²) < 4.78 is 2.00. The van der Waals surface area contributed by atoms with E-state index < -0.39 is 0 Å². The third-order valence-corrected chi connectivity index (χ3v) is 5.40. The topological polar surface area (TPSA) is 34.0 Å². The lowest BCUT2D eigenvalue weighted by atomic mass is 10.0. The maximum atomic E-state index is 12.7. The van der Waals surface area contributed by atoms with Gasteiger partial charge in [-0.25, -0.2) is 0 Å². The van der Waals surface area contributed by atoms with E-state index in [0.29, 0.717) is 5.56 Å². The SMILES string of the molecule is O=C(NC1CCSc2ccccc21)c1cccc(-n2cccc2)c1. The first-order chi connectivity index (χ1) is 11.8. The number of aromatic nitrogens is 1. The number of amides is 1. The monoisotopic (exact) mass is 334 g/mol. The van der Waals surface area contributed by atoms with E-state index in [9.17, 15) is 4.79 Å². The van der Waals surface area contributed by atoms with Crippen LogP contribution in [0, 0.1) is 0 Å². The third kappa shape index (κ3) is 2.97. The summed E-state index contributed by atoms with van der Waals surface area (Å²) in [4.78, 5) is 14.0. The smallest absolute Gasteiger partial charge is 0.251 e. The second kappa shape index (κ2) is 6.57. The molecule has 2 aromatic carbocycles. The maximum Gasteiger partial charge on any atom is 0.251 e. The molecule has 1 N–H and O–H groups in total. The van der Waals surface area contributed by atoms with Crippen molar-refractivity contribution in [3.05, 3.63) is 84.2 Å². The zero-order chi connectivity index (χ0) is 16.4. The lowest BCUT2D eigenvalue weighted by Crippen LogP contribution is -2.30. The Morgan fingerprint density at radius 1 is 1.04 bits per heavy atom. The molecular weight excluding hydrogens is 316 g/mol. The molecule has 0 saturated heterocycles. The average molecular weight is 334 g/mol. The zero-order valence-corrected chi connectivity index (χ0v) is 14.0. The number of nitrogens with one attached hydrogen (secondary N) is 1. The van der Waals surface area contributed by atoms with Crippen LogP contribution in [0.3, 0.4) is 0 Å². The molecule has 1 aliphatic rings. The van der Waals surface area contributed by atoms with Crippen LogP contribution in [0.2, 0.25) is 0 Å². The van der Waals surface area contributed by atoms with Crippen LogP contribution in [0.5, 0.6) is 0 Å². The van der Waals surface area contributed by atoms with E-state index in [0.717, 1.165) is 17.9 Å². The van der Waals surface area contributed by atoms with Crippen molar-refractivity contribution in [2.75, 3.05) is 5.75 Å². The van der Waals surface area contributed by atoms with Crippen LogP contribution in [0.4, 0.5) is 0 Å². The van der Waals surface area contributed by atoms with E-state index in [4.69, 9.17) is 0 Å². The number of carbonyl (C=O) groups excluding carboxylic acids is 1. The highest BCUT2D eigenvalue weighted by Crippen LogP contribution is 2.35. The van der Waals surface area contributed by atoms with Gasteiger partial charge in [-0.3, -0.25) is 4.79 Å². The Hall–Kier alpha value is -2.46. The summed E-state index contributed by atoms with van der Waals surface area (Å²) in [6.07, 6.45) is 4.92. The maximum absolute atomic E-state index is 12.7. The van der Waals surface area contributed by atoms with Gasteiger partial charge in [0.2, 0.25) is 0 Å². The molecule has 1 aromatic heterocycles. The molecule has 0 radical (unpaired) electrons. The van der Waals surface area contributed by atoms with Gasteiger partial charge in [-0.2, -0.15) is 0 Å². The summed E-state index contributed by atoms with van der Waals surface area (Å²) in [5.74, 6) is 1.02. The number of hydrogen-bond donors (Lipinski definition) is 1. The van der Waals surface area contributed by atoms with E-state index in [2.05, 4.69) is 23.5 Å². The van der Waals surface area contributed by atoms with E-state index in [1.165, 1.54) is 10.5 Å². The van der Waals surface area contributed by atoms with E-state index in [1.807, 2.05) is 71.2 Å². The van der Waals surface area contributed by atoms with Gasteiger partial charge in [-0.15, -0.1) is 11.8 Å². The summed E-state index contributed by atoms with van der Waals surface area (Å²) >= 11 is 1.86. The molecule has 0 saturated carbocycles.